The first-order chi connectivity index (χ1) is 13.5. The standard InChI is InChI=1S/C21H28N4O3/c1-24-10-15(8-23-24)11-25-12-18(26)21(14-25)17(9-22-19(27)13-28-2)20(21)16-6-4-3-5-7-16/h3-8,10,17-18,20,26H,9,11-14H2,1-2H3,(H,22,27)/t17-,18-,20-,21-/m1/s1. The maximum absolute atomic E-state index is 11.9. The third-order valence-electron chi connectivity index (χ3n) is 6.23. The number of hydrogen-bond donors (Lipinski definition) is 2. The van der Waals surface area contributed by atoms with Gasteiger partial charge < -0.3 is 15.2 Å². The SMILES string of the molecule is COCC(=O)NC[C@@H]1[C@@H](c2ccccc2)[C@]12CN(Cc1cnn(C)c1)C[C@H]2O. The number of aryl methyl sites for hydroxylation is 1. The molecule has 1 amide bonds. The van der Waals surface area contributed by atoms with Gasteiger partial charge in [-0.25, -0.2) is 0 Å². The lowest BCUT2D eigenvalue weighted by atomic mass is 9.95. The predicted molar refractivity (Wildman–Crippen MR) is 104 cm³/mol. The van der Waals surface area contributed by atoms with E-state index in [2.05, 4.69) is 27.4 Å². The molecule has 7 nitrogen and oxygen atoms in total. The molecule has 1 aliphatic heterocycles. The first kappa shape index (κ1) is 19.1. The predicted octanol–water partition coefficient (Wildman–Crippen LogP) is 0.759. The summed E-state index contributed by atoms with van der Waals surface area (Å²) in [6, 6.07) is 10.3. The molecule has 0 radical (unpaired) electrons. The summed E-state index contributed by atoms with van der Waals surface area (Å²) in [5, 5.41) is 18.3. The summed E-state index contributed by atoms with van der Waals surface area (Å²) in [5.74, 6) is 0.339. The van der Waals surface area contributed by atoms with E-state index >= 15 is 0 Å². The average molecular weight is 384 g/mol. The Hall–Kier alpha value is -2.22. The molecule has 1 aliphatic carbocycles. The lowest BCUT2D eigenvalue weighted by Gasteiger charge is -2.16. The second kappa shape index (κ2) is 7.66. The summed E-state index contributed by atoms with van der Waals surface area (Å²) < 4.78 is 6.72. The highest BCUT2D eigenvalue weighted by atomic mass is 16.5. The van der Waals surface area contributed by atoms with Crippen LogP contribution in [-0.2, 0) is 23.1 Å². The fourth-order valence-electron chi connectivity index (χ4n) is 5.03. The van der Waals surface area contributed by atoms with Crippen LogP contribution in [0.5, 0.6) is 0 Å². The largest absolute Gasteiger partial charge is 0.391 e. The van der Waals surface area contributed by atoms with E-state index in [9.17, 15) is 9.90 Å². The van der Waals surface area contributed by atoms with Crippen molar-refractivity contribution in [2.45, 2.75) is 18.6 Å². The van der Waals surface area contributed by atoms with Gasteiger partial charge in [0.05, 0.1) is 12.3 Å². The van der Waals surface area contributed by atoms with Crippen molar-refractivity contribution in [3.05, 3.63) is 53.9 Å². The minimum atomic E-state index is -0.418. The number of benzene rings is 1. The summed E-state index contributed by atoms with van der Waals surface area (Å²) in [5.41, 5.74) is 2.16. The van der Waals surface area contributed by atoms with Gasteiger partial charge >= 0.3 is 0 Å². The Balaban J connectivity index is 1.51. The second-order valence-electron chi connectivity index (χ2n) is 8.05. The van der Waals surface area contributed by atoms with Gasteiger partial charge in [0, 0.05) is 57.5 Å². The maximum atomic E-state index is 11.9. The number of likely N-dealkylation sites (tertiary alicyclic amines) is 1. The minimum Gasteiger partial charge on any atom is -0.391 e. The molecule has 2 aromatic rings. The molecule has 28 heavy (non-hydrogen) atoms. The van der Waals surface area contributed by atoms with Gasteiger partial charge in [-0.3, -0.25) is 14.4 Å². The van der Waals surface area contributed by atoms with E-state index in [1.54, 1.807) is 4.68 Å². The number of methoxy groups -OCH3 is 1. The van der Waals surface area contributed by atoms with Gasteiger partial charge in [-0.05, 0) is 17.4 Å². The van der Waals surface area contributed by atoms with E-state index in [4.69, 9.17) is 4.74 Å². The third-order valence-corrected chi connectivity index (χ3v) is 6.23. The van der Waals surface area contributed by atoms with Crippen molar-refractivity contribution in [2.24, 2.45) is 18.4 Å². The van der Waals surface area contributed by atoms with Crippen molar-refractivity contribution in [2.75, 3.05) is 33.4 Å². The van der Waals surface area contributed by atoms with Gasteiger partial charge in [0.25, 0.3) is 0 Å². The third kappa shape index (κ3) is 3.45. The molecule has 1 saturated heterocycles. The van der Waals surface area contributed by atoms with Crippen LogP contribution in [0.4, 0.5) is 0 Å². The van der Waals surface area contributed by atoms with Crippen molar-refractivity contribution in [3.63, 3.8) is 0 Å². The molecule has 1 saturated carbocycles. The van der Waals surface area contributed by atoms with Crippen LogP contribution in [0.2, 0.25) is 0 Å². The van der Waals surface area contributed by atoms with Crippen LogP contribution in [0.15, 0.2) is 42.7 Å². The molecule has 2 fully saturated rings. The van der Waals surface area contributed by atoms with Gasteiger partial charge in [0.15, 0.2) is 0 Å². The van der Waals surface area contributed by atoms with Crippen LogP contribution in [0.3, 0.4) is 0 Å². The molecule has 4 atom stereocenters. The molecular formula is C21H28N4O3. The Morgan fingerprint density at radius 2 is 2.18 bits per heavy atom. The Morgan fingerprint density at radius 1 is 1.39 bits per heavy atom. The Kier molecular flexibility index (Phi) is 5.23. The fraction of sp³-hybridized carbons (Fsp3) is 0.524. The van der Waals surface area contributed by atoms with E-state index in [1.807, 2.05) is 37.6 Å². The molecule has 7 heteroatoms. The molecule has 1 aromatic carbocycles. The smallest absolute Gasteiger partial charge is 0.245 e. The van der Waals surface area contributed by atoms with E-state index in [0.717, 1.165) is 18.7 Å². The van der Waals surface area contributed by atoms with Crippen LogP contribution >= 0.6 is 0 Å². The molecule has 2 heterocycles. The average Bonchev–Trinajstić information content (AvgIpc) is 2.92. The van der Waals surface area contributed by atoms with Gasteiger partial charge in [0.1, 0.15) is 6.61 Å². The molecule has 150 valence electrons. The molecule has 0 bridgehead atoms. The first-order valence-electron chi connectivity index (χ1n) is 9.73. The number of rotatable bonds is 7. The minimum absolute atomic E-state index is 0.0609. The Bertz CT molecular complexity index is 824. The summed E-state index contributed by atoms with van der Waals surface area (Å²) in [6.07, 6.45) is 3.47. The number of nitrogens with zero attached hydrogens (tertiary/aromatic N) is 3. The molecule has 4 rings (SSSR count). The topological polar surface area (TPSA) is 79.6 Å². The molecule has 2 N–H and O–H groups in total. The van der Waals surface area contributed by atoms with Crippen molar-refractivity contribution in [3.8, 4) is 0 Å². The van der Waals surface area contributed by atoms with Gasteiger partial charge in [-0.2, -0.15) is 5.10 Å². The lowest BCUT2D eigenvalue weighted by molar-refractivity contribution is -0.124. The van der Waals surface area contributed by atoms with Crippen molar-refractivity contribution >= 4 is 5.91 Å². The molecule has 1 spiro atoms. The highest BCUT2D eigenvalue weighted by Crippen LogP contribution is 2.68. The number of aliphatic hydroxyl groups is 1. The zero-order valence-electron chi connectivity index (χ0n) is 16.4. The number of carbonyl (C=O) groups is 1. The van der Waals surface area contributed by atoms with Gasteiger partial charge in [0.2, 0.25) is 5.91 Å². The lowest BCUT2D eigenvalue weighted by Crippen LogP contribution is -2.32. The van der Waals surface area contributed by atoms with Gasteiger partial charge in [-0.1, -0.05) is 30.3 Å². The zero-order chi connectivity index (χ0) is 19.7. The molecular weight excluding hydrogens is 356 g/mol. The highest BCUT2D eigenvalue weighted by molar-refractivity contribution is 5.77. The first-order valence-corrected chi connectivity index (χ1v) is 9.73. The quantitative estimate of drug-likeness (QED) is 0.737. The van der Waals surface area contributed by atoms with Crippen molar-refractivity contribution < 1.29 is 14.6 Å². The fourth-order valence-corrected chi connectivity index (χ4v) is 5.03. The summed E-state index contributed by atoms with van der Waals surface area (Å²) in [4.78, 5) is 14.2. The monoisotopic (exact) mass is 384 g/mol. The number of carbonyl (C=O) groups excluding carboxylic acids is 1. The normalized spacial score (nSPS) is 29.3. The zero-order valence-corrected chi connectivity index (χ0v) is 16.4. The summed E-state index contributed by atoms with van der Waals surface area (Å²) in [7, 11) is 3.43. The number of amides is 1. The summed E-state index contributed by atoms with van der Waals surface area (Å²) in [6.45, 7) is 2.84. The van der Waals surface area contributed by atoms with Crippen molar-refractivity contribution in [1.82, 2.24) is 20.0 Å². The summed E-state index contributed by atoms with van der Waals surface area (Å²) >= 11 is 0. The van der Waals surface area contributed by atoms with Crippen LogP contribution < -0.4 is 5.32 Å². The van der Waals surface area contributed by atoms with E-state index in [0.29, 0.717) is 13.1 Å². The molecule has 2 aliphatic rings. The number of aliphatic hydroxyl groups excluding tert-OH is 1. The van der Waals surface area contributed by atoms with Crippen molar-refractivity contribution in [1.29, 1.82) is 0 Å². The van der Waals surface area contributed by atoms with E-state index in [1.165, 1.54) is 12.7 Å². The number of aromatic nitrogens is 2. The van der Waals surface area contributed by atoms with Crippen LogP contribution in [-0.4, -0.2) is 65.1 Å². The van der Waals surface area contributed by atoms with Crippen LogP contribution in [0, 0.1) is 11.3 Å². The number of nitrogens with one attached hydrogen (secondary N) is 1. The Morgan fingerprint density at radius 3 is 2.86 bits per heavy atom. The number of β-amino-alcohol motifs (C(OH)–C–C–N with tert-alkyl or cyclic N) is 1. The molecule has 0 unspecified atom stereocenters. The van der Waals surface area contributed by atoms with Gasteiger partial charge in [-0.15, -0.1) is 0 Å². The van der Waals surface area contributed by atoms with E-state index < -0.39 is 6.10 Å². The maximum Gasteiger partial charge on any atom is 0.245 e. The highest BCUT2D eigenvalue weighted by Gasteiger charge is 2.70. The van der Waals surface area contributed by atoms with Crippen LogP contribution in [0.1, 0.15) is 17.0 Å². The van der Waals surface area contributed by atoms with E-state index in [-0.39, 0.29) is 29.8 Å². The number of ether oxygens (including phenoxy) is 1. The second-order valence-corrected chi connectivity index (χ2v) is 8.05. The molecule has 1 aromatic heterocycles. The number of hydrogen-bond acceptors (Lipinski definition) is 5. The Labute approximate surface area is 165 Å². The van der Waals surface area contributed by atoms with Crippen LogP contribution in [0.25, 0.3) is 0 Å².